The SMILES string of the molecule is CCN1CC(C(=O)N(CC(=O)Nc2ccc(Cl)c(C(F)(F)F)c2)Cc2ccco2)CC1=O. The summed E-state index contributed by atoms with van der Waals surface area (Å²) in [5.74, 6) is -1.44. The van der Waals surface area contributed by atoms with Gasteiger partial charge in [-0.2, -0.15) is 13.2 Å². The van der Waals surface area contributed by atoms with Gasteiger partial charge in [-0.05, 0) is 37.3 Å². The van der Waals surface area contributed by atoms with Gasteiger partial charge in [0.25, 0.3) is 0 Å². The average Bonchev–Trinajstić information content (AvgIpc) is 3.36. The monoisotopic (exact) mass is 471 g/mol. The van der Waals surface area contributed by atoms with Crippen molar-refractivity contribution in [3.05, 3.63) is 52.9 Å². The first-order valence-electron chi connectivity index (χ1n) is 9.84. The second-order valence-corrected chi connectivity index (χ2v) is 7.75. The van der Waals surface area contributed by atoms with Crippen molar-refractivity contribution in [3.8, 4) is 0 Å². The van der Waals surface area contributed by atoms with E-state index >= 15 is 0 Å². The lowest BCUT2D eigenvalue weighted by molar-refractivity contribution is -0.139. The van der Waals surface area contributed by atoms with Crippen LogP contribution in [-0.4, -0.2) is 47.2 Å². The summed E-state index contributed by atoms with van der Waals surface area (Å²) in [5, 5.41) is 1.88. The third-order valence-corrected chi connectivity index (χ3v) is 5.40. The van der Waals surface area contributed by atoms with Gasteiger partial charge in [-0.3, -0.25) is 14.4 Å². The van der Waals surface area contributed by atoms with Crippen molar-refractivity contribution in [1.82, 2.24) is 9.80 Å². The van der Waals surface area contributed by atoms with Crippen molar-refractivity contribution in [2.75, 3.05) is 25.0 Å². The number of anilines is 1. The number of carbonyl (C=O) groups is 3. The average molecular weight is 472 g/mol. The summed E-state index contributed by atoms with van der Waals surface area (Å²) >= 11 is 5.60. The summed E-state index contributed by atoms with van der Waals surface area (Å²) < 4.78 is 44.5. The molecule has 3 amide bonds. The highest BCUT2D eigenvalue weighted by atomic mass is 35.5. The first-order chi connectivity index (χ1) is 15.1. The van der Waals surface area contributed by atoms with Gasteiger partial charge in [-0.25, -0.2) is 0 Å². The van der Waals surface area contributed by atoms with E-state index < -0.39 is 41.0 Å². The number of carbonyl (C=O) groups excluding carboxylic acids is 3. The molecule has 11 heteroatoms. The molecule has 1 aliphatic rings. The van der Waals surface area contributed by atoms with Gasteiger partial charge >= 0.3 is 6.18 Å². The van der Waals surface area contributed by atoms with Crippen molar-refractivity contribution in [3.63, 3.8) is 0 Å². The molecule has 1 N–H and O–H groups in total. The van der Waals surface area contributed by atoms with Crippen molar-refractivity contribution >= 4 is 35.0 Å². The summed E-state index contributed by atoms with van der Waals surface area (Å²) in [4.78, 5) is 40.4. The highest BCUT2D eigenvalue weighted by Crippen LogP contribution is 2.36. The van der Waals surface area contributed by atoms with E-state index in [-0.39, 0.29) is 31.1 Å². The number of likely N-dealkylation sites (tertiary alicyclic amines) is 1. The highest BCUT2D eigenvalue weighted by Gasteiger charge is 2.37. The Labute approximate surface area is 187 Å². The van der Waals surface area contributed by atoms with Crippen LogP contribution >= 0.6 is 11.6 Å². The van der Waals surface area contributed by atoms with Crippen LogP contribution in [0.3, 0.4) is 0 Å². The fourth-order valence-corrected chi connectivity index (χ4v) is 3.72. The van der Waals surface area contributed by atoms with E-state index in [4.69, 9.17) is 16.0 Å². The predicted molar refractivity (Wildman–Crippen MR) is 110 cm³/mol. The van der Waals surface area contributed by atoms with Gasteiger partial charge < -0.3 is 19.5 Å². The number of amides is 3. The molecule has 1 atom stereocenters. The van der Waals surface area contributed by atoms with Crippen LogP contribution in [0, 0.1) is 5.92 Å². The predicted octanol–water partition coefficient (Wildman–Crippen LogP) is 3.79. The number of halogens is 4. The van der Waals surface area contributed by atoms with E-state index in [0.717, 1.165) is 12.1 Å². The maximum atomic E-state index is 13.1. The number of furan rings is 1. The highest BCUT2D eigenvalue weighted by molar-refractivity contribution is 6.31. The zero-order valence-electron chi connectivity index (χ0n) is 17.1. The molecule has 1 aromatic carbocycles. The molecule has 1 aliphatic heterocycles. The number of nitrogens with one attached hydrogen (secondary N) is 1. The van der Waals surface area contributed by atoms with Crippen LogP contribution in [0.5, 0.6) is 0 Å². The Hall–Kier alpha value is -3.01. The molecular formula is C21H21ClF3N3O4. The largest absolute Gasteiger partial charge is 0.467 e. The van der Waals surface area contributed by atoms with Gasteiger partial charge in [0.1, 0.15) is 12.3 Å². The summed E-state index contributed by atoms with van der Waals surface area (Å²) in [6, 6.07) is 6.26. The van der Waals surface area contributed by atoms with Crippen LogP contribution in [0.25, 0.3) is 0 Å². The van der Waals surface area contributed by atoms with Gasteiger partial charge in [-0.15, -0.1) is 0 Å². The number of benzene rings is 1. The van der Waals surface area contributed by atoms with E-state index in [2.05, 4.69) is 5.32 Å². The second kappa shape index (κ2) is 9.64. The number of alkyl halides is 3. The summed E-state index contributed by atoms with van der Waals surface area (Å²) in [6.45, 7) is 2.07. The molecule has 0 radical (unpaired) electrons. The Kier molecular flexibility index (Phi) is 7.12. The smallest absolute Gasteiger partial charge is 0.417 e. The van der Waals surface area contributed by atoms with Crippen LogP contribution < -0.4 is 5.32 Å². The van der Waals surface area contributed by atoms with Gasteiger partial charge in [0.15, 0.2) is 0 Å². The van der Waals surface area contributed by atoms with Crippen LogP contribution in [0.15, 0.2) is 41.0 Å². The van der Waals surface area contributed by atoms with Crippen LogP contribution in [-0.2, 0) is 27.1 Å². The van der Waals surface area contributed by atoms with Crippen LogP contribution in [0.2, 0.25) is 5.02 Å². The topological polar surface area (TPSA) is 82.9 Å². The lowest BCUT2D eigenvalue weighted by atomic mass is 10.1. The standard InChI is InChI=1S/C21H21ClF3N3O4/c1-2-27-10-13(8-19(27)30)20(31)28(11-15-4-3-7-32-15)12-18(29)26-14-5-6-17(22)16(9-14)21(23,24)25/h3-7,9,13H,2,8,10-12H2,1H3,(H,26,29). The van der Waals surface area contributed by atoms with E-state index in [0.29, 0.717) is 12.3 Å². The van der Waals surface area contributed by atoms with Gasteiger partial charge in [0.05, 0.1) is 29.3 Å². The third-order valence-electron chi connectivity index (χ3n) is 5.07. The second-order valence-electron chi connectivity index (χ2n) is 7.35. The van der Waals surface area contributed by atoms with Crippen molar-refractivity contribution < 1.29 is 32.0 Å². The number of hydrogen-bond donors (Lipinski definition) is 1. The number of hydrogen-bond acceptors (Lipinski definition) is 4. The zero-order chi connectivity index (χ0) is 23.5. The molecule has 172 valence electrons. The van der Waals surface area contributed by atoms with Crippen LogP contribution in [0.4, 0.5) is 18.9 Å². The van der Waals surface area contributed by atoms with Crippen molar-refractivity contribution in [1.29, 1.82) is 0 Å². The van der Waals surface area contributed by atoms with E-state index in [1.807, 2.05) is 0 Å². The molecule has 7 nitrogen and oxygen atoms in total. The maximum Gasteiger partial charge on any atom is 0.417 e. The first-order valence-corrected chi connectivity index (χ1v) is 10.2. The minimum absolute atomic E-state index is 0.0233. The minimum atomic E-state index is -4.68. The molecule has 2 aromatic rings. The summed E-state index contributed by atoms with van der Waals surface area (Å²) in [6.07, 6.45) is -3.23. The molecule has 2 heterocycles. The molecule has 3 rings (SSSR count). The van der Waals surface area contributed by atoms with Gasteiger partial charge in [0.2, 0.25) is 17.7 Å². The zero-order valence-corrected chi connectivity index (χ0v) is 17.9. The van der Waals surface area contributed by atoms with E-state index in [1.165, 1.54) is 17.2 Å². The first kappa shape index (κ1) is 23.6. The number of rotatable bonds is 7. The molecule has 1 unspecified atom stereocenters. The van der Waals surface area contributed by atoms with Gasteiger partial charge in [0, 0.05) is 25.2 Å². The van der Waals surface area contributed by atoms with Crippen molar-refractivity contribution in [2.24, 2.45) is 5.92 Å². The molecule has 0 aliphatic carbocycles. The third kappa shape index (κ3) is 5.61. The molecule has 1 fully saturated rings. The molecule has 0 bridgehead atoms. The quantitative estimate of drug-likeness (QED) is 0.666. The Balaban J connectivity index is 1.74. The van der Waals surface area contributed by atoms with Crippen LogP contribution in [0.1, 0.15) is 24.7 Å². The molecule has 0 saturated carbocycles. The molecule has 1 saturated heterocycles. The lowest BCUT2D eigenvalue weighted by Gasteiger charge is -2.24. The molecule has 1 aromatic heterocycles. The van der Waals surface area contributed by atoms with E-state index in [1.54, 1.807) is 24.0 Å². The molecule has 0 spiro atoms. The summed E-state index contributed by atoms with van der Waals surface area (Å²) in [7, 11) is 0. The fourth-order valence-electron chi connectivity index (χ4n) is 3.50. The fraction of sp³-hybridized carbons (Fsp3) is 0.381. The summed E-state index contributed by atoms with van der Waals surface area (Å²) in [5.41, 5.74) is -1.19. The Morgan fingerprint density at radius 2 is 2.06 bits per heavy atom. The molecular weight excluding hydrogens is 451 g/mol. The van der Waals surface area contributed by atoms with E-state index in [9.17, 15) is 27.6 Å². The lowest BCUT2D eigenvalue weighted by Crippen LogP contribution is -2.41. The van der Waals surface area contributed by atoms with Gasteiger partial charge in [-0.1, -0.05) is 11.6 Å². The maximum absolute atomic E-state index is 13.1. The minimum Gasteiger partial charge on any atom is -0.467 e. The van der Waals surface area contributed by atoms with Crippen molar-refractivity contribution in [2.45, 2.75) is 26.1 Å². The Bertz CT molecular complexity index is 995. The Morgan fingerprint density at radius 1 is 1.31 bits per heavy atom. The normalized spacial score (nSPS) is 16.3. The number of nitrogens with zero attached hydrogens (tertiary/aromatic N) is 2. The molecule has 32 heavy (non-hydrogen) atoms. The Morgan fingerprint density at radius 3 is 2.66 bits per heavy atom.